The second kappa shape index (κ2) is 53.3. The molecule has 0 rings (SSSR count). The summed E-state index contributed by atoms with van der Waals surface area (Å²) in [6.45, 7) is 4.47. The smallest absolute Gasteiger partial charge is 0.462 e. The molecule has 0 fully saturated rings. The summed E-state index contributed by atoms with van der Waals surface area (Å²) in [5, 5.41) is 0. The fourth-order valence-corrected chi connectivity index (χ4v) is 9.73. The first-order valence-corrected chi connectivity index (χ1v) is 32.1. The molecular formula is C61H119NO8P+. The molecule has 1 N–H and O–H groups in total. The third-order valence-corrected chi connectivity index (χ3v) is 14.7. The zero-order valence-electron chi connectivity index (χ0n) is 47.7. The van der Waals surface area contributed by atoms with E-state index < -0.39 is 26.5 Å². The highest BCUT2D eigenvalue weighted by atomic mass is 31.2. The number of esters is 2. The van der Waals surface area contributed by atoms with E-state index in [0.29, 0.717) is 23.9 Å². The molecule has 0 aliphatic rings. The van der Waals surface area contributed by atoms with Gasteiger partial charge < -0.3 is 18.9 Å². The van der Waals surface area contributed by atoms with Gasteiger partial charge in [-0.05, 0) is 44.9 Å². The monoisotopic (exact) mass is 1020 g/mol. The lowest BCUT2D eigenvalue weighted by Gasteiger charge is -2.24. The Morgan fingerprint density at radius 1 is 0.437 bits per heavy atom. The number of unbranched alkanes of at least 4 members (excludes halogenated alkanes) is 39. The van der Waals surface area contributed by atoms with Gasteiger partial charge in [-0.15, -0.1) is 0 Å². The molecule has 0 spiro atoms. The number of hydrogen-bond donors (Lipinski definition) is 1. The first-order valence-electron chi connectivity index (χ1n) is 30.6. The number of ether oxygens (including phenoxy) is 2. The number of likely N-dealkylation sites (N-methyl/N-ethyl adjacent to an activating group) is 1. The molecule has 0 radical (unpaired) electrons. The van der Waals surface area contributed by atoms with Crippen molar-refractivity contribution in [1.29, 1.82) is 0 Å². The number of rotatable bonds is 57. The minimum absolute atomic E-state index is 0.0356. The van der Waals surface area contributed by atoms with Crippen LogP contribution in [0.4, 0.5) is 0 Å². The van der Waals surface area contributed by atoms with Crippen LogP contribution in [-0.4, -0.2) is 74.9 Å². The summed E-state index contributed by atoms with van der Waals surface area (Å²) in [6, 6.07) is 0. The van der Waals surface area contributed by atoms with Gasteiger partial charge >= 0.3 is 19.8 Å². The topological polar surface area (TPSA) is 108 Å². The van der Waals surface area contributed by atoms with Crippen molar-refractivity contribution in [2.24, 2.45) is 0 Å². The largest absolute Gasteiger partial charge is 0.472 e. The van der Waals surface area contributed by atoms with Crippen molar-refractivity contribution in [3.05, 3.63) is 24.3 Å². The third kappa shape index (κ3) is 57.6. The minimum atomic E-state index is -4.38. The lowest BCUT2D eigenvalue weighted by Crippen LogP contribution is -2.37. The molecule has 420 valence electrons. The summed E-state index contributed by atoms with van der Waals surface area (Å²) in [4.78, 5) is 35.6. The Morgan fingerprint density at radius 2 is 0.761 bits per heavy atom. The number of phosphoric ester groups is 1. The molecule has 0 amide bonds. The Bertz CT molecular complexity index is 1250. The van der Waals surface area contributed by atoms with Crippen molar-refractivity contribution in [3.63, 3.8) is 0 Å². The van der Waals surface area contributed by atoms with Crippen molar-refractivity contribution in [1.82, 2.24) is 0 Å². The zero-order valence-corrected chi connectivity index (χ0v) is 48.6. The van der Waals surface area contributed by atoms with Crippen LogP contribution in [0.15, 0.2) is 24.3 Å². The first-order chi connectivity index (χ1) is 34.5. The summed E-state index contributed by atoms with van der Waals surface area (Å²) in [6.07, 6.45) is 64.1. The van der Waals surface area contributed by atoms with Crippen LogP contribution in [0, 0.1) is 0 Å². The highest BCUT2D eigenvalue weighted by Crippen LogP contribution is 2.43. The third-order valence-electron chi connectivity index (χ3n) is 13.7. The fraction of sp³-hybridized carbons (Fsp3) is 0.902. The van der Waals surface area contributed by atoms with Gasteiger partial charge in [-0.1, -0.05) is 269 Å². The Balaban J connectivity index is 3.97. The van der Waals surface area contributed by atoms with Gasteiger partial charge in [0.05, 0.1) is 27.7 Å². The number of carbonyl (C=O) groups excluding carboxylic acids is 2. The van der Waals surface area contributed by atoms with Gasteiger partial charge in [0, 0.05) is 12.8 Å². The lowest BCUT2D eigenvalue weighted by atomic mass is 10.0. The van der Waals surface area contributed by atoms with Gasteiger partial charge in [0.25, 0.3) is 0 Å². The van der Waals surface area contributed by atoms with E-state index in [2.05, 4.69) is 38.2 Å². The Hall–Kier alpha value is -1.51. The van der Waals surface area contributed by atoms with E-state index in [9.17, 15) is 19.0 Å². The molecule has 2 atom stereocenters. The van der Waals surface area contributed by atoms with Crippen molar-refractivity contribution in [2.45, 2.75) is 309 Å². The van der Waals surface area contributed by atoms with Crippen molar-refractivity contribution in [3.8, 4) is 0 Å². The number of carbonyl (C=O) groups is 2. The molecular weight excluding hydrogens is 906 g/mol. The zero-order chi connectivity index (χ0) is 52.0. The van der Waals surface area contributed by atoms with Crippen LogP contribution in [0.2, 0.25) is 0 Å². The maximum Gasteiger partial charge on any atom is 0.472 e. The Labute approximate surface area is 440 Å². The van der Waals surface area contributed by atoms with E-state index in [0.717, 1.165) is 38.5 Å². The summed E-state index contributed by atoms with van der Waals surface area (Å²) >= 11 is 0. The lowest BCUT2D eigenvalue weighted by molar-refractivity contribution is -0.870. The van der Waals surface area contributed by atoms with E-state index >= 15 is 0 Å². The molecule has 71 heavy (non-hydrogen) atoms. The van der Waals surface area contributed by atoms with Gasteiger partial charge in [0.1, 0.15) is 19.8 Å². The molecule has 0 aliphatic heterocycles. The van der Waals surface area contributed by atoms with Gasteiger partial charge in [0.2, 0.25) is 0 Å². The number of nitrogens with zero attached hydrogens (tertiary/aromatic N) is 1. The highest BCUT2D eigenvalue weighted by molar-refractivity contribution is 7.47. The molecule has 0 aliphatic carbocycles. The predicted molar refractivity (Wildman–Crippen MR) is 303 cm³/mol. The number of hydrogen-bond acceptors (Lipinski definition) is 7. The second-order valence-corrected chi connectivity index (χ2v) is 23.6. The Morgan fingerprint density at radius 3 is 1.11 bits per heavy atom. The normalized spacial score (nSPS) is 13.4. The van der Waals surface area contributed by atoms with Gasteiger partial charge in [0.15, 0.2) is 6.10 Å². The van der Waals surface area contributed by atoms with E-state index in [1.54, 1.807) is 0 Å². The average Bonchev–Trinajstić information content (AvgIpc) is 3.33. The van der Waals surface area contributed by atoms with E-state index in [1.807, 2.05) is 21.1 Å². The van der Waals surface area contributed by atoms with Crippen LogP contribution >= 0.6 is 7.82 Å². The van der Waals surface area contributed by atoms with Crippen molar-refractivity contribution >= 4 is 19.8 Å². The number of allylic oxidation sites excluding steroid dienone is 4. The summed E-state index contributed by atoms with van der Waals surface area (Å²) in [5.41, 5.74) is 0. The standard InChI is InChI=1S/C61H118NO8P/c1-6-8-10-12-14-16-18-20-22-23-24-25-26-27-28-29-30-31-32-33-34-35-36-37-38-39-40-42-44-46-48-50-52-54-61(64)70-59(58-69-71(65,66)68-56-55-62(3,4)5)57-67-60(63)53-51-49-47-45-43-41-21-19-17-15-13-11-9-7-2/h18,20,23-24,59H,6-17,19,21-22,25-58H2,1-5H3/p+1/b20-18-,24-23-. The number of phosphoric acid groups is 1. The number of quaternary nitrogens is 1. The SMILES string of the molecule is CCCCCCC/C=C\C/C=C\CCCCCCCCCCCCCCCCCCCCCCCC(=O)OC(COC(=O)CCCCCCCCCCCCCCCC)COP(=O)(O)OCC[N+](C)(C)C. The van der Waals surface area contributed by atoms with E-state index in [4.69, 9.17) is 18.5 Å². The van der Waals surface area contributed by atoms with Gasteiger partial charge in [-0.25, -0.2) is 4.57 Å². The first kappa shape index (κ1) is 69.5. The van der Waals surface area contributed by atoms with Crippen molar-refractivity contribution < 1.29 is 42.1 Å². The summed E-state index contributed by atoms with van der Waals surface area (Å²) < 4.78 is 34.6. The molecule has 10 heteroatoms. The summed E-state index contributed by atoms with van der Waals surface area (Å²) in [7, 11) is 1.50. The fourth-order valence-electron chi connectivity index (χ4n) is 8.99. The van der Waals surface area contributed by atoms with Gasteiger partial charge in [-0.2, -0.15) is 0 Å². The second-order valence-electron chi connectivity index (χ2n) is 22.1. The molecule has 0 bridgehead atoms. The molecule has 0 saturated heterocycles. The summed E-state index contributed by atoms with van der Waals surface area (Å²) in [5.74, 6) is -0.779. The highest BCUT2D eigenvalue weighted by Gasteiger charge is 2.27. The molecule has 0 aromatic rings. The van der Waals surface area contributed by atoms with Crippen LogP contribution in [0.3, 0.4) is 0 Å². The van der Waals surface area contributed by atoms with E-state index in [1.165, 1.54) is 231 Å². The molecule has 9 nitrogen and oxygen atoms in total. The molecule has 0 saturated carbocycles. The van der Waals surface area contributed by atoms with Crippen molar-refractivity contribution in [2.75, 3.05) is 47.5 Å². The molecule has 0 aromatic heterocycles. The average molecular weight is 1030 g/mol. The van der Waals surface area contributed by atoms with Crippen LogP contribution in [0.25, 0.3) is 0 Å². The van der Waals surface area contributed by atoms with Gasteiger partial charge in [-0.3, -0.25) is 18.6 Å². The van der Waals surface area contributed by atoms with Crippen LogP contribution < -0.4 is 0 Å². The molecule has 2 unspecified atom stereocenters. The molecule has 0 heterocycles. The quantitative estimate of drug-likeness (QED) is 0.0211. The maximum absolute atomic E-state index is 12.8. The van der Waals surface area contributed by atoms with Crippen LogP contribution in [-0.2, 0) is 32.7 Å². The van der Waals surface area contributed by atoms with Crippen LogP contribution in [0.5, 0.6) is 0 Å². The van der Waals surface area contributed by atoms with Crippen LogP contribution in [0.1, 0.15) is 303 Å². The Kier molecular flexibility index (Phi) is 52.2. The predicted octanol–water partition coefficient (Wildman–Crippen LogP) is 19.0. The maximum atomic E-state index is 12.8. The minimum Gasteiger partial charge on any atom is -0.462 e. The molecule has 0 aromatic carbocycles. The van der Waals surface area contributed by atoms with E-state index in [-0.39, 0.29) is 25.6 Å².